The standard InChI is InChI=1S/C20H31ClN2O/c1-17-4-2-12-22(17)13-3-15-24-20-7-5-19(6-8-20)23-14-10-18(16-23)9-11-21/h5-8,17-18H,2-4,9-16H2,1H3. The summed E-state index contributed by atoms with van der Waals surface area (Å²) in [6, 6.07) is 9.38. The maximum Gasteiger partial charge on any atom is 0.119 e. The first-order valence-corrected chi connectivity index (χ1v) is 10.1. The first-order valence-electron chi connectivity index (χ1n) is 9.54. The highest BCUT2D eigenvalue weighted by Gasteiger charge is 2.22. The summed E-state index contributed by atoms with van der Waals surface area (Å²) in [7, 11) is 0. The zero-order valence-electron chi connectivity index (χ0n) is 14.9. The summed E-state index contributed by atoms with van der Waals surface area (Å²) in [5.41, 5.74) is 1.31. The molecule has 0 aliphatic carbocycles. The lowest BCUT2D eigenvalue weighted by Crippen LogP contribution is -2.28. The van der Waals surface area contributed by atoms with Gasteiger partial charge in [0.25, 0.3) is 0 Å². The summed E-state index contributed by atoms with van der Waals surface area (Å²) in [6.07, 6.45) is 6.21. The van der Waals surface area contributed by atoms with Gasteiger partial charge in [0, 0.05) is 37.2 Å². The van der Waals surface area contributed by atoms with E-state index in [-0.39, 0.29) is 0 Å². The predicted octanol–water partition coefficient (Wildman–Crippen LogP) is 4.40. The van der Waals surface area contributed by atoms with Crippen molar-refractivity contribution >= 4 is 17.3 Å². The molecule has 1 aromatic carbocycles. The lowest BCUT2D eigenvalue weighted by molar-refractivity contribution is 0.230. The number of nitrogens with zero attached hydrogens (tertiary/aromatic N) is 2. The molecule has 2 aliphatic heterocycles. The van der Waals surface area contributed by atoms with Gasteiger partial charge in [0.2, 0.25) is 0 Å². The first-order chi connectivity index (χ1) is 11.8. The van der Waals surface area contributed by atoms with Crippen LogP contribution in [0.2, 0.25) is 0 Å². The van der Waals surface area contributed by atoms with Gasteiger partial charge < -0.3 is 14.5 Å². The average molecular weight is 351 g/mol. The van der Waals surface area contributed by atoms with Crippen LogP contribution in [0.15, 0.2) is 24.3 Å². The number of ether oxygens (including phenoxy) is 1. The Morgan fingerprint density at radius 3 is 2.71 bits per heavy atom. The summed E-state index contributed by atoms with van der Waals surface area (Å²) in [6.45, 7) is 7.86. The summed E-state index contributed by atoms with van der Waals surface area (Å²) >= 11 is 5.87. The minimum absolute atomic E-state index is 0.756. The van der Waals surface area contributed by atoms with Crippen molar-refractivity contribution in [1.82, 2.24) is 4.90 Å². The van der Waals surface area contributed by atoms with Crippen molar-refractivity contribution in [2.75, 3.05) is 43.6 Å². The normalized spacial score (nSPS) is 24.7. The summed E-state index contributed by atoms with van der Waals surface area (Å²) in [4.78, 5) is 5.05. The van der Waals surface area contributed by atoms with Gasteiger partial charge in [-0.05, 0) is 75.8 Å². The Morgan fingerprint density at radius 1 is 1.17 bits per heavy atom. The average Bonchev–Trinajstić information content (AvgIpc) is 3.22. The lowest BCUT2D eigenvalue weighted by Gasteiger charge is -2.21. The van der Waals surface area contributed by atoms with Crippen LogP contribution in [0.25, 0.3) is 0 Å². The zero-order chi connectivity index (χ0) is 16.8. The Kier molecular flexibility index (Phi) is 6.67. The van der Waals surface area contributed by atoms with E-state index >= 15 is 0 Å². The molecule has 24 heavy (non-hydrogen) atoms. The number of alkyl halides is 1. The van der Waals surface area contributed by atoms with Crippen LogP contribution in [0.1, 0.15) is 39.0 Å². The van der Waals surface area contributed by atoms with E-state index in [1.54, 1.807) is 0 Å². The van der Waals surface area contributed by atoms with Gasteiger partial charge in [-0.25, -0.2) is 0 Å². The molecule has 2 atom stereocenters. The third-order valence-corrected chi connectivity index (χ3v) is 5.77. The molecule has 0 N–H and O–H groups in total. The molecule has 3 rings (SSSR count). The number of anilines is 1. The SMILES string of the molecule is CC1CCCN1CCCOc1ccc(N2CCC(CCCl)C2)cc1. The molecule has 1 aromatic rings. The quantitative estimate of drug-likeness (QED) is 0.510. The highest BCUT2D eigenvalue weighted by Crippen LogP contribution is 2.27. The molecule has 0 aromatic heterocycles. The zero-order valence-corrected chi connectivity index (χ0v) is 15.7. The van der Waals surface area contributed by atoms with Gasteiger partial charge in [0.1, 0.15) is 5.75 Å². The number of hydrogen-bond acceptors (Lipinski definition) is 3. The molecule has 0 bridgehead atoms. The molecule has 134 valence electrons. The van der Waals surface area contributed by atoms with Crippen molar-refractivity contribution in [1.29, 1.82) is 0 Å². The molecule has 2 unspecified atom stereocenters. The van der Waals surface area contributed by atoms with Crippen LogP contribution in [0.4, 0.5) is 5.69 Å². The highest BCUT2D eigenvalue weighted by atomic mass is 35.5. The molecule has 2 aliphatic rings. The molecule has 0 saturated carbocycles. The molecule has 0 radical (unpaired) electrons. The van der Waals surface area contributed by atoms with E-state index in [0.29, 0.717) is 0 Å². The second-order valence-electron chi connectivity index (χ2n) is 7.30. The van der Waals surface area contributed by atoms with Crippen LogP contribution in [0, 0.1) is 5.92 Å². The van der Waals surface area contributed by atoms with Crippen LogP contribution in [0.3, 0.4) is 0 Å². The number of halogens is 1. The highest BCUT2D eigenvalue weighted by molar-refractivity contribution is 6.17. The van der Waals surface area contributed by atoms with Crippen LogP contribution in [-0.4, -0.2) is 49.6 Å². The molecule has 2 saturated heterocycles. The van der Waals surface area contributed by atoms with Crippen molar-refractivity contribution < 1.29 is 4.74 Å². The third-order valence-electron chi connectivity index (χ3n) is 5.55. The van der Waals surface area contributed by atoms with Crippen molar-refractivity contribution in [2.45, 2.75) is 45.1 Å². The maximum atomic E-state index is 5.92. The molecule has 0 spiro atoms. The fourth-order valence-corrected chi connectivity index (χ4v) is 4.30. The van der Waals surface area contributed by atoms with Crippen molar-refractivity contribution in [2.24, 2.45) is 5.92 Å². The Hall–Kier alpha value is -0.930. The number of likely N-dealkylation sites (tertiary alicyclic amines) is 1. The lowest BCUT2D eigenvalue weighted by atomic mass is 10.1. The molecule has 2 fully saturated rings. The van der Waals surface area contributed by atoms with Crippen molar-refractivity contribution in [3.8, 4) is 5.75 Å². The number of hydrogen-bond donors (Lipinski definition) is 0. The molecule has 4 heteroatoms. The summed E-state index contributed by atoms with van der Waals surface area (Å²) in [5, 5.41) is 0. The van der Waals surface area contributed by atoms with Gasteiger partial charge in [-0.1, -0.05) is 0 Å². The Morgan fingerprint density at radius 2 is 2.00 bits per heavy atom. The largest absolute Gasteiger partial charge is 0.494 e. The Balaban J connectivity index is 1.38. The minimum atomic E-state index is 0.756. The minimum Gasteiger partial charge on any atom is -0.494 e. The monoisotopic (exact) mass is 350 g/mol. The fourth-order valence-electron chi connectivity index (χ4n) is 3.99. The van der Waals surface area contributed by atoms with Crippen LogP contribution in [-0.2, 0) is 0 Å². The molecule has 2 heterocycles. The first kappa shape index (κ1) is 17.9. The van der Waals surface area contributed by atoms with Gasteiger partial charge >= 0.3 is 0 Å². The summed E-state index contributed by atoms with van der Waals surface area (Å²) < 4.78 is 5.92. The smallest absolute Gasteiger partial charge is 0.119 e. The van der Waals surface area contributed by atoms with Crippen LogP contribution < -0.4 is 9.64 Å². The maximum absolute atomic E-state index is 5.92. The van der Waals surface area contributed by atoms with E-state index in [0.717, 1.165) is 62.7 Å². The predicted molar refractivity (Wildman–Crippen MR) is 102 cm³/mol. The van der Waals surface area contributed by atoms with E-state index in [4.69, 9.17) is 16.3 Å². The van der Waals surface area contributed by atoms with E-state index in [2.05, 4.69) is 41.0 Å². The Bertz CT molecular complexity index is 493. The van der Waals surface area contributed by atoms with E-state index in [1.807, 2.05) is 0 Å². The van der Waals surface area contributed by atoms with Crippen molar-refractivity contribution in [3.63, 3.8) is 0 Å². The second-order valence-corrected chi connectivity index (χ2v) is 7.68. The van der Waals surface area contributed by atoms with Gasteiger partial charge in [-0.15, -0.1) is 11.6 Å². The van der Waals surface area contributed by atoms with Crippen LogP contribution in [0.5, 0.6) is 5.75 Å². The van der Waals surface area contributed by atoms with E-state index < -0.39 is 0 Å². The van der Waals surface area contributed by atoms with E-state index in [9.17, 15) is 0 Å². The van der Waals surface area contributed by atoms with Crippen LogP contribution >= 0.6 is 11.6 Å². The number of rotatable bonds is 8. The molecular weight excluding hydrogens is 320 g/mol. The van der Waals surface area contributed by atoms with Gasteiger partial charge in [-0.2, -0.15) is 0 Å². The summed E-state index contributed by atoms with van der Waals surface area (Å²) in [5.74, 6) is 2.53. The Labute approximate surface area is 151 Å². The molecule has 0 amide bonds. The van der Waals surface area contributed by atoms with E-state index in [1.165, 1.54) is 31.5 Å². The third kappa shape index (κ3) is 4.80. The molecule has 3 nitrogen and oxygen atoms in total. The van der Waals surface area contributed by atoms with Crippen molar-refractivity contribution in [3.05, 3.63) is 24.3 Å². The van der Waals surface area contributed by atoms with Gasteiger partial charge in [0.15, 0.2) is 0 Å². The topological polar surface area (TPSA) is 15.7 Å². The fraction of sp³-hybridized carbons (Fsp3) is 0.700. The van der Waals surface area contributed by atoms with Gasteiger partial charge in [0.05, 0.1) is 6.61 Å². The second kappa shape index (κ2) is 8.96. The molecular formula is C20H31ClN2O. The van der Waals surface area contributed by atoms with Gasteiger partial charge in [-0.3, -0.25) is 0 Å². The number of benzene rings is 1.